The summed E-state index contributed by atoms with van der Waals surface area (Å²) in [6.07, 6.45) is 3.09. The van der Waals surface area contributed by atoms with E-state index >= 15 is 0 Å². The van der Waals surface area contributed by atoms with E-state index in [1.54, 1.807) is 0 Å². The van der Waals surface area contributed by atoms with Gasteiger partial charge in [0.25, 0.3) is 0 Å². The van der Waals surface area contributed by atoms with Crippen LogP contribution in [0.4, 0.5) is 0 Å². The third-order valence-corrected chi connectivity index (χ3v) is 4.35. The molecule has 0 amide bonds. The van der Waals surface area contributed by atoms with Crippen LogP contribution in [0.1, 0.15) is 43.2 Å². The van der Waals surface area contributed by atoms with Crippen LogP contribution in [0.5, 0.6) is 5.75 Å². The minimum absolute atomic E-state index is 0.00412. The number of halogens is 2. The van der Waals surface area contributed by atoms with Gasteiger partial charge in [0, 0.05) is 17.0 Å². The highest BCUT2D eigenvalue weighted by atomic mass is 35.5. The third-order valence-electron chi connectivity index (χ3n) is 3.54. The Morgan fingerprint density at radius 3 is 2.65 bits per heavy atom. The van der Waals surface area contributed by atoms with Crippen molar-refractivity contribution in [3.8, 4) is 5.75 Å². The Morgan fingerprint density at radius 2 is 2.00 bits per heavy atom. The highest BCUT2D eigenvalue weighted by Crippen LogP contribution is 2.43. The highest BCUT2D eigenvalue weighted by Gasteiger charge is 2.26. The molecule has 1 nitrogen and oxygen atoms in total. The number of ether oxygens (including phenoxy) is 1. The van der Waals surface area contributed by atoms with Crippen LogP contribution in [0.25, 0.3) is 0 Å². The summed E-state index contributed by atoms with van der Waals surface area (Å²) in [5.74, 6) is 1.45. The second kappa shape index (κ2) is 5.49. The van der Waals surface area contributed by atoms with Gasteiger partial charge in [-0.15, -0.1) is 11.6 Å². The molecule has 0 fully saturated rings. The lowest BCUT2D eigenvalue weighted by Gasteiger charge is -2.21. The molecule has 0 spiro atoms. The number of rotatable bonds is 4. The van der Waals surface area contributed by atoms with Gasteiger partial charge >= 0.3 is 0 Å². The standard InChI is InChI=1S/C14H18Cl2O/c1-3-9(4-2)13(16)12-8-11(15)7-10-5-6-17-14(10)12/h7-9,13H,3-6H2,1-2H3. The van der Waals surface area contributed by atoms with E-state index < -0.39 is 0 Å². The van der Waals surface area contributed by atoms with Gasteiger partial charge in [-0.3, -0.25) is 0 Å². The third kappa shape index (κ3) is 2.56. The first-order valence-electron chi connectivity index (χ1n) is 6.26. The molecule has 0 radical (unpaired) electrons. The Hall–Kier alpha value is -0.400. The summed E-state index contributed by atoms with van der Waals surface area (Å²) in [6.45, 7) is 5.10. The molecule has 1 aromatic carbocycles. The molecule has 1 unspecified atom stereocenters. The number of alkyl halides is 1. The zero-order chi connectivity index (χ0) is 12.4. The van der Waals surface area contributed by atoms with Gasteiger partial charge in [0.05, 0.1) is 12.0 Å². The normalized spacial score (nSPS) is 15.8. The number of hydrogen-bond donors (Lipinski definition) is 0. The fourth-order valence-corrected chi connectivity index (χ4v) is 3.23. The van der Waals surface area contributed by atoms with Crippen LogP contribution in [0.15, 0.2) is 12.1 Å². The largest absolute Gasteiger partial charge is 0.493 e. The molecule has 1 aliphatic rings. The van der Waals surface area contributed by atoms with Crippen LogP contribution < -0.4 is 4.74 Å². The molecular weight excluding hydrogens is 255 g/mol. The van der Waals surface area contributed by atoms with Crippen molar-refractivity contribution in [2.24, 2.45) is 5.92 Å². The SMILES string of the molecule is CCC(CC)C(Cl)c1cc(Cl)cc2c1OCC2. The molecule has 17 heavy (non-hydrogen) atoms. The number of fused-ring (bicyclic) bond motifs is 1. The van der Waals surface area contributed by atoms with Crippen LogP contribution in [0.3, 0.4) is 0 Å². The lowest BCUT2D eigenvalue weighted by Crippen LogP contribution is -2.07. The molecule has 1 atom stereocenters. The van der Waals surface area contributed by atoms with Gasteiger partial charge in [-0.2, -0.15) is 0 Å². The first-order valence-corrected chi connectivity index (χ1v) is 7.08. The number of benzene rings is 1. The average Bonchev–Trinajstić information content (AvgIpc) is 2.77. The van der Waals surface area contributed by atoms with E-state index in [-0.39, 0.29) is 5.38 Å². The molecular formula is C14H18Cl2O. The molecule has 94 valence electrons. The lowest BCUT2D eigenvalue weighted by atomic mass is 9.92. The Morgan fingerprint density at radius 1 is 1.29 bits per heavy atom. The van der Waals surface area contributed by atoms with Crippen molar-refractivity contribution in [1.29, 1.82) is 0 Å². The zero-order valence-electron chi connectivity index (χ0n) is 10.3. The van der Waals surface area contributed by atoms with E-state index in [1.807, 2.05) is 12.1 Å². The minimum Gasteiger partial charge on any atom is -0.493 e. The van der Waals surface area contributed by atoms with Crippen molar-refractivity contribution in [2.75, 3.05) is 6.61 Å². The summed E-state index contributed by atoms with van der Waals surface area (Å²) in [7, 11) is 0. The Balaban J connectivity index is 2.38. The predicted molar refractivity (Wildman–Crippen MR) is 73.3 cm³/mol. The summed E-state index contributed by atoms with van der Waals surface area (Å²) in [5, 5.41) is 0.761. The molecule has 2 rings (SSSR count). The summed E-state index contributed by atoms with van der Waals surface area (Å²) in [4.78, 5) is 0. The summed E-state index contributed by atoms with van der Waals surface area (Å²) in [5.41, 5.74) is 2.27. The maximum atomic E-state index is 6.59. The fourth-order valence-electron chi connectivity index (χ4n) is 2.46. The van der Waals surface area contributed by atoms with Crippen molar-refractivity contribution < 1.29 is 4.74 Å². The van der Waals surface area contributed by atoms with Gasteiger partial charge in [0.2, 0.25) is 0 Å². The smallest absolute Gasteiger partial charge is 0.127 e. The van der Waals surface area contributed by atoms with E-state index in [0.29, 0.717) is 5.92 Å². The number of hydrogen-bond acceptors (Lipinski definition) is 1. The topological polar surface area (TPSA) is 9.23 Å². The highest BCUT2D eigenvalue weighted by molar-refractivity contribution is 6.31. The lowest BCUT2D eigenvalue weighted by molar-refractivity contribution is 0.349. The summed E-state index contributed by atoms with van der Waals surface area (Å²) >= 11 is 12.7. The van der Waals surface area contributed by atoms with Crippen molar-refractivity contribution in [1.82, 2.24) is 0 Å². The maximum Gasteiger partial charge on any atom is 0.127 e. The van der Waals surface area contributed by atoms with Crippen molar-refractivity contribution in [2.45, 2.75) is 38.5 Å². The van der Waals surface area contributed by atoms with Crippen LogP contribution in [0, 0.1) is 5.92 Å². The van der Waals surface area contributed by atoms with E-state index in [9.17, 15) is 0 Å². The summed E-state index contributed by atoms with van der Waals surface area (Å²) < 4.78 is 5.70. The van der Waals surface area contributed by atoms with Crippen LogP contribution in [-0.4, -0.2) is 6.61 Å². The molecule has 0 aromatic heterocycles. The van der Waals surface area contributed by atoms with Crippen LogP contribution in [0.2, 0.25) is 5.02 Å². The molecule has 1 heterocycles. The molecule has 0 aliphatic carbocycles. The summed E-state index contributed by atoms with van der Waals surface area (Å²) in [6, 6.07) is 3.95. The predicted octanol–water partition coefficient (Wildman–Crippen LogP) is 4.99. The monoisotopic (exact) mass is 272 g/mol. The quantitative estimate of drug-likeness (QED) is 0.702. The molecule has 1 aromatic rings. The van der Waals surface area contributed by atoms with Gasteiger partial charge < -0.3 is 4.74 Å². The molecule has 1 aliphatic heterocycles. The fraction of sp³-hybridized carbons (Fsp3) is 0.571. The molecule has 0 N–H and O–H groups in total. The van der Waals surface area contributed by atoms with Crippen molar-refractivity contribution >= 4 is 23.2 Å². The molecule has 0 saturated heterocycles. The second-order valence-corrected chi connectivity index (χ2v) is 5.47. The van der Waals surface area contributed by atoms with E-state index in [2.05, 4.69) is 13.8 Å². The Labute approximate surface area is 113 Å². The van der Waals surface area contributed by atoms with Crippen LogP contribution >= 0.6 is 23.2 Å². The van der Waals surface area contributed by atoms with E-state index in [1.165, 1.54) is 5.56 Å². The Kier molecular flexibility index (Phi) is 4.22. The van der Waals surface area contributed by atoms with Crippen molar-refractivity contribution in [3.63, 3.8) is 0 Å². The average molecular weight is 273 g/mol. The second-order valence-electron chi connectivity index (χ2n) is 4.56. The Bertz CT molecular complexity index is 399. The van der Waals surface area contributed by atoms with Gasteiger partial charge in [-0.1, -0.05) is 38.3 Å². The first kappa shape index (κ1) is 13.0. The zero-order valence-corrected chi connectivity index (χ0v) is 11.8. The molecule has 0 bridgehead atoms. The van der Waals surface area contributed by atoms with Gasteiger partial charge in [0.1, 0.15) is 5.75 Å². The molecule has 3 heteroatoms. The van der Waals surface area contributed by atoms with E-state index in [0.717, 1.165) is 42.2 Å². The van der Waals surface area contributed by atoms with Gasteiger partial charge in [0.15, 0.2) is 0 Å². The first-order chi connectivity index (χ1) is 8.17. The van der Waals surface area contributed by atoms with Gasteiger partial charge in [-0.25, -0.2) is 0 Å². The minimum atomic E-state index is -0.00412. The van der Waals surface area contributed by atoms with E-state index in [4.69, 9.17) is 27.9 Å². The molecule has 0 saturated carbocycles. The van der Waals surface area contributed by atoms with Crippen molar-refractivity contribution in [3.05, 3.63) is 28.3 Å². The van der Waals surface area contributed by atoms with Gasteiger partial charge in [-0.05, 0) is 23.6 Å². The van der Waals surface area contributed by atoms with Crippen LogP contribution in [-0.2, 0) is 6.42 Å². The maximum absolute atomic E-state index is 6.59.